The second kappa shape index (κ2) is 7.09. The fourth-order valence-corrected chi connectivity index (χ4v) is 3.41. The molecule has 3 N–H and O–H groups in total. The molecule has 1 atom stereocenters. The standard InChI is InChI=1S/C17H15BrN4O4/c1-24-12-4-3-8(5-10(12)18)14-9(7-19)16(20)26-17-15(14)11(21-22-17)6-13(23)25-2/h3-5,14H,6,20H2,1-2H3,(H,21,22). The molecule has 26 heavy (non-hydrogen) atoms. The molecule has 8 nitrogen and oxygen atoms in total. The molecule has 1 aromatic heterocycles. The van der Waals surface area contributed by atoms with Gasteiger partial charge in [-0.2, -0.15) is 5.26 Å². The molecule has 0 saturated heterocycles. The number of hydrogen-bond donors (Lipinski definition) is 2. The smallest absolute Gasteiger partial charge is 0.311 e. The monoisotopic (exact) mass is 418 g/mol. The molecule has 3 rings (SSSR count). The number of allylic oxidation sites excluding steroid dienone is 1. The number of aromatic amines is 1. The molecule has 0 bridgehead atoms. The number of halogens is 1. The van der Waals surface area contributed by atoms with Gasteiger partial charge in [0.25, 0.3) is 0 Å². The lowest BCUT2D eigenvalue weighted by Gasteiger charge is -2.24. The van der Waals surface area contributed by atoms with Crippen LogP contribution in [0.25, 0.3) is 0 Å². The quantitative estimate of drug-likeness (QED) is 0.728. The number of rotatable bonds is 4. The van der Waals surface area contributed by atoms with Crippen molar-refractivity contribution in [1.29, 1.82) is 5.26 Å². The SMILES string of the molecule is COC(=O)Cc1[nH]nc2c1C(c1ccc(OC)c(Br)c1)C(C#N)=C(N)O2. The van der Waals surface area contributed by atoms with Gasteiger partial charge in [0.2, 0.25) is 11.8 Å². The molecule has 1 aliphatic rings. The number of carbonyl (C=O) groups excluding carboxylic acids is 1. The lowest BCUT2D eigenvalue weighted by atomic mass is 9.83. The maximum absolute atomic E-state index is 11.7. The van der Waals surface area contributed by atoms with Crippen molar-refractivity contribution in [2.45, 2.75) is 12.3 Å². The van der Waals surface area contributed by atoms with E-state index in [4.69, 9.17) is 19.9 Å². The summed E-state index contributed by atoms with van der Waals surface area (Å²) in [5.74, 6) is -0.111. The highest BCUT2D eigenvalue weighted by atomic mass is 79.9. The molecular weight excluding hydrogens is 404 g/mol. The molecule has 9 heteroatoms. The first-order chi connectivity index (χ1) is 12.5. The predicted molar refractivity (Wildman–Crippen MR) is 94.3 cm³/mol. The third-order valence-electron chi connectivity index (χ3n) is 4.08. The lowest BCUT2D eigenvalue weighted by Crippen LogP contribution is -2.22. The van der Waals surface area contributed by atoms with Crippen LogP contribution in [0.15, 0.2) is 34.1 Å². The summed E-state index contributed by atoms with van der Waals surface area (Å²) in [6.07, 6.45) is -0.0331. The van der Waals surface area contributed by atoms with E-state index >= 15 is 0 Å². The van der Waals surface area contributed by atoms with E-state index in [0.717, 1.165) is 10.0 Å². The molecule has 1 aromatic carbocycles. The van der Waals surface area contributed by atoms with E-state index in [2.05, 4.69) is 32.2 Å². The van der Waals surface area contributed by atoms with Crippen molar-refractivity contribution in [3.8, 4) is 17.7 Å². The zero-order valence-electron chi connectivity index (χ0n) is 14.0. The van der Waals surface area contributed by atoms with Crippen LogP contribution in [0.1, 0.15) is 22.7 Å². The Bertz CT molecular complexity index is 945. The van der Waals surface area contributed by atoms with Gasteiger partial charge in [-0.1, -0.05) is 6.07 Å². The van der Waals surface area contributed by atoms with Crippen molar-refractivity contribution in [3.05, 3.63) is 50.9 Å². The number of aromatic nitrogens is 2. The van der Waals surface area contributed by atoms with E-state index in [-0.39, 0.29) is 23.8 Å². The number of esters is 1. The van der Waals surface area contributed by atoms with Crippen LogP contribution < -0.4 is 15.2 Å². The molecule has 0 saturated carbocycles. The first-order valence-electron chi connectivity index (χ1n) is 7.55. The van der Waals surface area contributed by atoms with E-state index < -0.39 is 11.9 Å². The van der Waals surface area contributed by atoms with E-state index in [1.807, 2.05) is 12.1 Å². The van der Waals surface area contributed by atoms with Gasteiger partial charge in [-0.15, -0.1) is 5.10 Å². The number of nitrogens with one attached hydrogen (secondary N) is 1. The van der Waals surface area contributed by atoms with Crippen molar-refractivity contribution in [1.82, 2.24) is 10.2 Å². The minimum absolute atomic E-state index is 0.0203. The highest BCUT2D eigenvalue weighted by Crippen LogP contribution is 2.44. The predicted octanol–water partition coefficient (Wildman–Crippen LogP) is 2.11. The van der Waals surface area contributed by atoms with Crippen LogP contribution in [-0.2, 0) is 16.0 Å². The summed E-state index contributed by atoms with van der Waals surface area (Å²) in [6.45, 7) is 0. The zero-order valence-corrected chi connectivity index (χ0v) is 15.6. The maximum atomic E-state index is 11.7. The number of benzene rings is 1. The van der Waals surface area contributed by atoms with Gasteiger partial charge in [0.05, 0.1) is 42.3 Å². The Kier molecular flexibility index (Phi) is 4.86. The number of nitrogens with zero attached hydrogens (tertiary/aromatic N) is 2. The van der Waals surface area contributed by atoms with Crippen molar-refractivity contribution in [2.24, 2.45) is 5.73 Å². The maximum Gasteiger partial charge on any atom is 0.311 e. The van der Waals surface area contributed by atoms with Crippen LogP contribution in [0.2, 0.25) is 0 Å². The first kappa shape index (κ1) is 17.8. The number of H-pyrrole nitrogens is 1. The molecule has 2 heterocycles. The number of methoxy groups -OCH3 is 2. The van der Waals surface area contributed by atoms with Crippen LogP contribution in [0, 0.1) is 11.3 Å². The second-order valence-corrected chi connectivity index (χ2v) is 6.35. The molecule has 0 spiro atoms. The molecule has 0 fully saturated rings. The van der Waals surface area contributed by atoms with E-state index in [1.165, 1.54) is 7.11 Å². The van der Waals surface area contributed by atoms with Gasteiger partial charge >= 0.3 is 5.97 Å². The number of nitrogens with two attached hydrogens (primary N) is 1. The number of carbonyl (C=O) groups is 1. The molecule has 134 valence electrons. The normalized spacial score (nSPS) is 15.7. The van der Waals surface area contributed by atoms with Crippen molar-refractivity contribution in [2.75, 3.05) is 14.2 Å². The van der Waals surface area contributed by atoms with Crippen LogP contribution in [0.4, 0.5) is 0 Å². The van der Waals surface area contributed by atoms with E-state index in [1.54, 1.807) is 13.2 Å². The third kappa shape index (κ3) is 2.99. The molecule has 1 aliphatic heterocycles. The summed E-state index contributed by atoms with van der Waals surface area (Å²) in [5, 5.41) is 16.5. The van der Waals surface area contributed by atoms with Crippen molar-refractivity contribution in [3.63, 3.8) is 0 Å². The summed E-state index contributed by atoms with van der Waals surface area (Å²) in [5.41, 5.74) is 8.01. The highest BCUT2D eigenvalue weighted by molar-refractivity contribution is 9.10. The topological polar surface area (TPSA) is 123 Å². The summed E-state index contributed by atoms with van der Waals surface area (Å²) < 4.78 is 16.2. The molecule has 0 radical (unpaired) electrons. The zero-order chi connectivity index (χ0) is 18.8. The van der Waals surface area contributed by atoms with Gasteiger partial charge in [0, 0.05) is 0 Å². The average molecular weight is 419 g/mol. The Labute approximate surface area is 157 Å². The van der Waals surface area contributed by atoms with Crippen LogP contribution in [0.5, 0.6) is 11.6 Å². The Balaban J connectivity index is 2.16. The average Bonchev–Trinajstić information content (AvgIpc) is 3.02. The second-order valence-electron chi connectivity index (χ2n) is 5.49. The summed E-state index contributed by atoms with van der Waals surface area (Å²) >= 11 is 3.45. The fourth-order valence-electron chi connectivity index (χ4n) is 2.86. The van der Waals surface area contributed by atoms with Crippen LogP contribution in [0.3, 0.4) is 0 Å². The third-order valence-corrected chi connectivity index (χ3v) is 4.70. The number of hydrogen-bond acceptors (Lipinski definition) is 7. The van der Waals surface area contributed by atoms with Gasteiger partial charge in [-0.3, -0.25) is 9.89 Å². The van der Waals surface area contributed by atoms with Gasteiger partial charge < -0.3 is 19.9 Å². The fraction of sp³-hybridized carbons (Fsp3) is 0.235. The number of ether oxygens (including phenoxy) is 3. The van der Waals surface area contributed by atoms with E-state index in [0.29, 0.717) is 17.0 Å². The van der Waals surface area contributed by atoms with Crippen LogP contribution >= 0.6 is 15.9 Å². The molecule has 0 amide bonds. The lowest BCUT2D eigenvalue weighted by molar-refractivity contribution is -0.139. The summed E-state index contributed by atoms with van der Waals surface area (Å²) in [7, 11) is 2.87. The Morgan fingerprint density at radius 1 is 1.50 bits per heavy atom. The molecular formula is C17H15BrN4O4. The van der Waals surface area contributed by atoms with Gasteiger partial charge in [-0.05, 0) is 33.6 Å². The summed E-state index contributed by atoms with van der Waals surface area (Å²) in [6, 6.07) is 7.53. The largest absolute Gasteiger partial charge is 0.496 e. The minimum atomic E-state index is -0.538. The first-order valence-corrected chi connectivity index (χ1v) is 8.34. The van der Waals surface area contributed by atoms with E-state index in [9.17, 15) is 10.1 Å². The molecule has 2 aromatic rings. The van der Waals surface area contributed by atoms with Gasteiger partial charge in [0.15, 0.2) is 0 Å². The van der Waals surface area contributed by atoms with Crippen molar-refractivity contribution < 1.29 is 19.0 Å². The highest BCUT2D eigenvalue weighted by Gasteiger charge is 2.35. The van der Waals surface area contributed by atoms with Gasteiger partial charge in [0.1, 0.15) is 17.4 Å². The Hall–Kier alpha value is -2.99. The number of fused-ring (bicyclic) bond motifs is 1. The van der Waals surface area contributed by atoms with Crippen LogP contribution in [-0.4, -0.2) is 30.4 Å². The minimum Gasteiger partial charge on any atom is -0.496 e. The Morgan fingerprint density at radius 3 is 2.88 bits per heavy atom. The number of nitriles is 1. The Morgan fingerprint density at radius 2 is 2.27 bits per heavy atom. The molecule has 0 aliphatic carbocycles. The molecule has 1 unspecified atom stereocenters. The van der Waals surface area contributed by atoms with Crippen molar-refractivity contribution >= 4 is 21.9 Å². The van der Waals surface area contributed by atoms with Gasteiger partial charge in [-0.25, -0.2) is 0 Å². The summed E-state index contributed by atoms with van der Waals surface area (Å²) in [4.78, 5) is 11.7.